The van der Waals surface area contributed by atoms with E-state index >= 15 is 0 Å². The summed E-state index contributed by atoms with van der Waals surface area (Å²) in [5.74, 6) is 0.516. The van der Waals surface area contributed by atoms with E-state index in [1.54, 1.807) is 35.3 Å². The number of halogens is 1. The topological polar surface area (TPSA) is 69.9 Å². The summed E-state index contributed by atoms with van der Waals surface area (Å²) in [5.41, 5.74) is 11.0. The van der Waals surface area contributed by atoms with Crippen molar-refractivity contribution in [3.63, 3.8) is 0 Å². The first kappa shape index (κ1) is 8.86. The Bertz CT molecular complexity index is 295. The van der Waals surface area contributed by atoms with Gasteiger partial charge in [0.05, 0.1) is 4.61 Å². The van der Waals surface area contributed by atoms with Gasteiger partial charge in [0.2, 0.25) is 0 Å². The second kappa shape index (κ2) is 3.96. The molecule has 0 saturated carbocycles. The van der Waals surface area contributed by atoms with Gasteiger partial charge in [-0.15, -0.1) is 0 Å². The Labute approximate surface area is 78.7 Å². The first-order valence-electron chi connectivity index (χ1n) is 3.28. The first-order valence-corrected chi connectivity index (χ1v) is 4.08. The highest BCUT2D eigenvalue weighted by molar-refractivity contribution is 9.11. The van der Waals surface area contributed by atoms with Crippen LogP contribution in [0.1, 0.15) is 0 Å². The van der Waals surface area contributed by atoms with Crippen LogP contribution in [0.25, 0.3) is 5.82 Å². The van der Waals surface area contributed by atoms with Crippen LogP contribution in [0.15, 0.2) is 35.2 Å². The van der Waals surface area contributed by atoms with Crippen molar-refractivity contribution in [1.82, 2.24) is 9.78 Å². The van der Waals surface area contributed by atoms with Crippen LogP contribution in [0.3, 0.4) is 0 Å². The molecule has 0 bridgehead atoms. The molecule has 4 nitrogen and oxygen atoms in total. The van der Waals surface area contributed by atoms with Gasteiger partial charge in [-0.1, -0.05) is 0 Å². The maximum Gasteiger partial charge on any atom is 0.124 e. The molecule has 0 aromatic carbocycles. The fourth-order valence-corrected chi connectivity index (χ4v) is 0.795. The minimum absolute atomic E-state index is 0.516. The molecule has 1 heterocycles. The maximum atomic E-state index is 5.63. The van der Waals surface area contributed by atoms with E-state index < -0.39 is 0 Å². The molecule has 0 aliphatic heterocycles. The minimum atomic E-state index is 0.516. The Morgan fingerprint density at radius 3 is 2.67 bits per heavy atom. The van der Waals surface area contributed by atoms with E-state index in [1.807, 2.05) is 0 Å². The van der Waals surface area contributed by atoms with Crippen molar-refractivity contribution >= 4 is 21.8 Å². The van der Waals surface area contributed by atoms with E-state index in [0.29, 0.717) is 10.4 Å². The molecule has 4 N–H and O–H groups in total. The molecule has 0 amide bonds. The third kappa shape index (κ3) is 2.43. The fourth-order valence-electron chi connectivity index (χ4n) is 0.663. The molecule has 1 rings (SSSR count). The van der Waals surface area contributed by atoms with Gasteiger partial charge in [-0.05, 0) is 34.1 Å². The summed E-state index contributed by atoms with van der Waals surface area (Å²) in [6.45, 7) is 0. The number of nitrogens with zero attached hydrogens (tertiary/aromatic N) is 2. The van der Waals surface area contributed by atoms with Crippen LogP contribution in [0, 0.1) is 0 Å². The number of allylic oxidation sites excluding steroid dienone is 2. The normalized spacial score (nSPS) is 13.4. The summed E-state index contributed by atoms with van der Waals surface area (Å²) in [5, 5.41) is 3.93. The molecule has 1 aromatic rings. The number of rotatable bonds is 2. The summed E-state index contributed by atoms with van der Waals surface area (Å²) in [6.07, 6.45) is 6.72. The van der Waals surface area contributed by atoms with Crippen molar-refractivity contribution in [2.24, 2.45) is 11.5 Å². The fraction of sp³-hybridized carbons (Fsp3) is 0. The zero-order valence-electron chi connectivity index (χ0n) is 6.31. The number of aromatic nitrogens is 2. The highest BCUT2D eigenvalue weighted by Crippen LogP contribution is 1.98. The molecule has 0 radical (unpaired) electrons. The van der Waals surface area contributed by atoms with E-state index in [2.05, 4.69) is 21.0 Å². The Balaban J connectivity index is 2.78. The largest absolute Gasteiger partial charge is 0.393 e. The van der Waals surface area contributed by atoms with Crippen LogP contribution >= 0.6 is 15.9 Å². The molecule has 1 aromatic heterocycles. The molecule has 0 aliphatic rings. The first-order chi connectivity index (χ1) is 5.70. The molecule has 0 saturated heterocycles. The molecule has 12 heavy (non-hydrogen) atoms. The van der Waals surface area contributed by atoms with E-state index in [9.17, 15) is 0 Å². The quantitative estimate of drug-likeness (QED) is 0.583. The summed E-state index contributed by atoms with van der Waals surface area (Å²) < 4.78 is 2.07. The van der Waals surface area contributed by atoms with Gasteiger partial charge in [-0.3, -0.25) is 0 Å². The Morgan fingerprint density at radius 2 is 2.17 bits per heavy atom. The third-order valence-corrected chi connectivity index (χ3v) is 1.45. The molecule has 0 aliphatic carbocycles. The van der Waals surface area contributed by atoms with Gasteiger partial charge in [0.25, 0.3) is 0 Å². The van der Waals surface area contributed by atoms with Crippen molar-refractivity contribution in [3.05, 3.63) is 35.2 Å². The van der Waals surface area contributed by atoms with Crippen molar-refractivity contribution in [3.8, 4) is 0 Å². The minimum Gasteiger partial charge on any atom is -0.393 e. The van der Waals surface area contributed by atoms with Crippen LogP contribution in [0.2, 0.25) is 0 Å². The van der Waals surface area contributed by atoms with E-state index in [1.165, 1.54) is 0 Å². The van der Waals surface area contributed by atoms with Crippen molar-refractivity contribution in [2.75, 3.05) is 0 Å². The molecular weight excluding hydrogens is 220 g/mol. The van der Waals surface area contributed by atoms with Gasteiger partial charge in [0.15, 0.2) is 0 Å². The van der Waals surface area contributed by atoms with Crippen LogP contribution in [0.5, 0.6) is 0 Å². The van der Waals surface area contributed by atoms with Crippen LogP contribution in [0.4, 0.5) is 0 Å². The SMILES string of the molecule is N/C(Br)=C\C=C(/N)n1cccn1. The lowest BCUT2D eigenvalue weighted by molar-refractivity contribution is 0.887. The van der Waals surface area contributed by atoms with Gasteiger partial charge in [0, 0.05) is 12.4 Å². The van der Waals surface area contributed by atoms with Gasteiger partial charge < -0.3 is 11.5 Å². The third-order valence-electron chi connectivity index (χ3n) is 1.18. The van der Waals surface area contributed by atoms with Gasteiger partial charge in [0.1, 0.15) is 5.82 Å². The smallest absolute Gasteiger partial charge is 0.124 e. The Morgan fingerprint density at radius 1 is 1.42 bits per heavy atom. The summed E-state index contributed by atoms with van der Waals surface area (Å²) in [7, 11) is 0. The number of nitrogens with two attached hydrogens (primary N) is 2. The average molecular weight is 229 g/mol. The molecule has 5 heteroatoms. The summed E-state index contributed by atoms with van der Waals surface area (Å²) in [6, 6.07) is 1.79. The molecule has 0 spiro atoms. The van der Waals surface area contributed by atoms with Gasteiger partial charge in [-0.2, -0.15) is 5.10 Å². The lowest BCUT2D eigenvalue weighted by Gasteiger charge is -1.97. The zero-order chi connectivity index (χ0) is 8.97. The molecular formula is C7H9BrN4. The lowest BCUT2D eigenvalue weighted by Crippen LogP contribution is -2.06. The maximum absolute atomic E-state index is 5.63. The van der Waals surface area contributed by atoms with Crippen molar-refractivity contribution < 1.29 is 0 Å². The van der Waals surface area contributed by atoms with Gasteiger partial charge >= 0.3 is 0 Å². The van der Waals surface area contributed by atoms with E-state index in [-0.39, 0.29) is 0 Å². The van der Waals surface area contributed by atoms with Crippen LogP contribution in [-0.4, -0.2) is 9.78 Å². The zero-order valence-corrected chi connectivity index (χ0v) is 7.90. The van der Waals surface area contributed by atoms with Crippen molar-refractivity contribution in [1.29, 1.82) is 0 Å². The molecule has 0 unspecified atom stereocenters. The monoisotopic (exact) mass is 228 g/mol. The number of hydrogen-bond acceptors (Lipinski definition) is 3. The van der Waals surface area contributed by atoms with Crippen LogP contribution < -0.4 is 11.5 Å². The number of hydrogen-bond donors (Lipinski definition) is 2. The molecule has 0 atom stereocenters. The predicted octanol–water partition coefficient (Wildman–Crippen LogP) is 0.835. The highest BCUT2D eigenvalue weighted by atomic mass is 79.9. The predicted molar refractivity (Wildman–Crippen MR) is 51.9 cm³/mol. The van der Waals surface area contributed by atoms with E-state index in [0.717, 1.165) is 0 Å². The second-order valence-corrected chi connectivity index (χ2v) is 3.01. The highest BCUT2D eigenvalue weighted by Gasteiger charge is 1.90. The second-order valence-electron chi connectivity index (χ2n) is 2.09. The Kier molecular flexibility index (Phi) is 2.93. The van der Waals surface area contributed by atoms with Gasteiger partial charge in [-0.25, -0.2) is 4.68 Å². The summed E-state index contributed by atoms with van der Waals surface area (Å²) >= 11 is 3.08. The standard InChI is InChI=1S/C7H9BrN4/c8-6(9)2-3-7(10)12-5-1-4-11-12/h1-5H,9-10H2/b6-2-,7-3+. The van der Waals surface area contributed by atoms with E-state index in [4.69, 9.17) is 11.5 Å². The Hall–Kier alpha value is -1.23. The summed E-state index contributed by atoms with van der Waals surface area (Å²) in [4.78, 5) is 0. The lowest BCUT2D eigenvalue weighted by atomic mass is 10.5. The molecule has 0 fully saturated rings. The van der Waals surface area contributed by atoms with Crippen LogP contribution in [-0.2, 0) is 0 Å². The average Bonchev–Trinajstić information content (AvgIpc) is 2.51. The molecule has 64 valence electrons. The van der Waals surface area contributed by atoms with Crippen molar-refractivity contribution in [2.45, 2.75) is 0 Å².